The molecule has 2 aromatic heterocycles. The number of fused-ring (bicyclic) bond motifs is 3. The number of hydrogen-bond donors (Lipinski definition) is 1. The zero-order valence-electron chi connectivity index (χ0n) is 14.7. The number of nitrogens with zero attached hydrogens (tertiary/aromatic N) is 1. The second-order valence-electron chi connectivity index (χ2n) is 7.66. The maximum absolute atomic E-state index is 12.5. The second kappa shape index (κ2) is 6.64. The van der Waals surface area contributed by atoms with E-state index in [9.17, 15) is 9.59 Å². The minimum Gasteiger partial charge on any atom is -0.301 e. The molecule has 0 saturated carbocycles. The molecule has 0 aromatic carbocycles. The molecule has 0 radical (unpaired) electrons. The van der Waals surface area contributed by atoms with Crippen molar-refractivity contribution >= 4 is 39.1 Å². The number of H-pyrrole nitrogens is 1. The van der Waals surface area contributed by atoms with Gasteiger partial charge in [0.15, 0.2) is 5.16 Å². The lowest BCUT2D eigenvalue weighted by Crippen LogP contribution is -2.26. The SMILES string of the molecule is CC(=O)CCSc1nc2sc3c(c2c(=O)[nH]1)CCC(C(C)(C)C)C3. The summed E-state index contributed by atoms with van der Waals surface area (Å²) in [5.74, 6) is 1.47. The number of carbonyl (C=O) groups excluding carboxylic acids is 1. The molecule has 1 atom stereocenters. The van der Waals surface area contributed by atoms with Gasteiger partial charge in [-0.2, -0.15) is 0 Å². The van der Waals surface area contributed by atoms with Gasteiger partial charge >= 0.3 is 0 Å². The molecule has 0 spiro atoms. The Bertz CT molecular complexity index is 830. The molecule has 1 aliphatic carbocycles. The first-order valence-electron chi connectivity index (χ1n) is 8.42. The van der Waals surface area contributed by atoms with Gasteiger partial charge in [-0.25, -0.2) is 4.98 Å². The summed E-state index contributed by atoms with van der Waals surface area (Å²) in [5, 5.41) is 1.41. The lowest BCUT2D eigenvalue weighted by molar-refractivity contribution is -0.116. The molecule has 0 saturated heterocycles. The van der Waals surface area contributed by atoms with Gasteiger partial charge in [-0.1, -0.05) is 32.5 Å². The summed E-state index contributed by atoms with van der Waals surface area (Å²) >= 11 is 3.12. The van der Waals surface area contributed by atoms with E-state index in [-0.39, 0.29) is 11.3 Å². The van der Waals surface area contributed by atoms with Gasteiger partial charge in [0.2, 0.25) is 0 Å². The average Bonchev–Trinajstić information content (AvgIpc) is 2.83. The van der Waals surface area contributed by atoms with E-state index in [0.29, 0.717) is 28.7 Å². The van der Waals surface area contributed by atoms with E-state index in [1.165, 1.54) is 22.2 Å². The largest absolute Gasteiger partial charge is 0.301 e. The number of nitrogens with one attached hydrogen (secondary N) is 1. The fourth-order valence-electron chi connectivity index (χ4n) is 3.26. The number of carbonyl (C=O) groups is 1. The van der Waals surface area contributed by atoms with Crippen molar-refractivity contribution in [2.45, 2.75) is 58.5 Å². The number of ketones is 1. The Labute approximate surface area is 150 Å². The number of hydrogen-bond acceptors (Lipinski definition) is 5. The number of aromatic amines is 1. The highest BCUT2D eigenvalue weighted by Gasteiger charge is 2.31. The molecule has 4 nitrogen and oxygen atoms in total. The van der Waals surface area contributed by atoms with Crippen LogP contribution in [0.5, 0.6) is 0 Å². The zero-order chi connectivity index (χ0) is 17.5. The van der Waals surface area contributed by atoms with Gasteiger partial charge in [0, 0.05) is 17.1 Å². The summed E-state index contributed by atoms with van der Waals surface area (Å²) in [7, 11) is 0. The van der Waals surface area contributed by atoms with Gasteiger partial charge in [-0.3, -0.25) is 9.59 Å². The van der Waals surface area contributed by atoms with E-state index < -0.39 is 0 Å². The monoisotopic (exact) mass is 364 g/mol. The summed E-state index contributed by atoms with van der Waals surface area (Å²) in [4.78, 5) is 33.3. The summed E-state index contributed by atoms with van der Waals surface area (Å²) in [6.07, 6.45) is 3.66. The molecular weight excluding hydrogens is 340 g/mol. The third-order valence-electron chi connectivity index (χ3n) is 4.81. The van der Waals surface area contributed by atoms with Crippen molar-refractivity contribution in [1.82, 2.24) is 9.97 Å². The molecule has 130 valence electrons. The van der Waals surface area contributed by atoms with Gasteiger partial charge in [-0.05, 0) is 43.1 Å². The Balaban J connectivity index is 1.91. The third-order valence-corrected chi connectivity index (χ3v) is 6.84. The highest BCUT2D eigenvalue weighted by Crippen LogP contribution is 2.42. The molecule has 0 fully saturated rings. The number of aromatic nitrogens is 2. The van der Waals surface area contributed by atoms with Crippen LogP contribution in [0.4, 0.5) is 0 Å². The molecule has 1 N–H and O–H groups in total. The van der Waals surface area contributed by atoms with Crippen molar-refractivity contribution in [2.75, 3.05) is 5.75 Å². The third kappa shape index (κ3) is 3.59. The molecule has 3 rings (SSSR count). The molecule has 1 unspecified atom stereocenters. The van der Waals surface area contributed by atoms with Gasteiger partial charge in [-0.15, -0.1) is 11.3 Å². The van der Waals surface area contributed by atoms with Gasteiger partial charge in [0.05, 0.1) is 5.39 Å². The number of rotatable bonds is 4. The molecule has 0 aliphatic heterocycles. The first kappa shape index (κ1) is 17.7. The molecule has 0 amide bonds. The first-order chi connectivity index (χ1) is 11.3. The number of Topliss-reactive ketones (excluding diaryl/α,β-unsaturated/α-hetero) is 1. The fourth-order valence-corrected chi connectivity index (χ4v) is 5.52. The summed E-state index contributed by atoms with van der Waals surface area (Å²) in [6, 6.07) is 0. The smallest absolute Gasteiger partial charge is 0.260 e. The molecule has 6 heteroatoms. The molecule has 2 aromatic rings. The van der Waals surface area contributed by atoms with Crippen LogP contribution < -0.4 is 5.56 Å². The Kier molecular flexibility index (Phi) is 4.89. The lowest BCUT2D eigenvalue weighted by Gasteiger charge is -2.33. The first-order valence-corrected chi connectivity index (χ1v) is 10.2. The minimum absolute atomic E-state index is 0.0305. The van der Waals surface area contributed by atoms with Crippen molar-refractivity contribution in [2.24, 2.45) is 11.3 Å². The van der Waals surface area contributed by atoms with Crippen LogP contribution in [0, 0.1) is 11.3 Å². The quantitative estimate of drug-likeness (QED) is 0.652. The van der Waals surface area contributed by atoms with E-state index >= 15 is 0 Å². The molecule has 2 heterocycles. The zero-order valence-corrected chi connectivity index (χ0v) is 16.3. The highest BCUT2D eigenvalue weighted by molar-refractivity contribution is 7.99. The van der Waals surface area contributed by atoms with E-state index in [1.807, 2.05) is 0 Å². The van der Waals surface area contributed by atoms with Gasteiger partial charge in [0.25, 0.3) is 5.56 Å². The van der Waals surface area contributed by atoms with E-state index in [1.54, 1.807) is 18.3 Å². The highest BCUT2D eigenvalue weighted by atomic mass is 32.2. The Morgan fingerprint density at radius 3 is 2.83 bits per heavy atom. The predicted molar refractivity (Wildman–Crippen MR) is 101 cm³/mol. The van der Waals surface area contributed by atoms with Gasteiger partial charge in [0.1, 0.15) is 10.6 Å². The van der Waals surface area contributed by atoms with Crippen LogP contribution in [0.15, 0.2) is 9.95 Å². The fraction of sp³-hybridized carbons (Fsp3) is 0.611. The van der Waals surface area contributed by atoms with Crippen molar-refractivity contribution < 1.29 is 4.79 Å². The molecule has 24 heavy (non-hydrogen) atoms. The van der Waals surface area contributed by atoms with Crippen molar-refractivity contribution in [3.05, 3.63) is 20.8 Å². The standard InChI is InChI=1S/C18H24N2O2S2/c1-10(21)7-8-23-17-19-15(22)14-12-6-5-11(18(2,3)4)9-13(12)24-16(14)20-17/h11H,5-9H2,1-4H3,(H,19,20,22). The van der Waals surface area contributed by atoms with Crippen LogP contribution in [0.1, 0.15) is 51.0 Å². The van der Waals surface area contributed by atoms with E-state index in [4.69, 9.17) is 0 Å². The van der Waals surface area contributed by atoms with Crippen LogP contribution in [0.25, 0.3) is 10.2 Å². The predicted octanol–water partition coefficient (Wildman–Crippen LogP) is 4.21. The van der Waals surface area contributed by atoms with Crippen LogP contribution in [-0.2, 0) is 17.6 Å². The minimum atomic E-state index is -0.0305. The molecular formula is C18H24N2O2S2. The van der Waals surface area contributed by atoms with Crippen molar-refractivity contribution in [3.8, 4) is 0 Å². The summed E-state index contributed by atoms with van der Waals surface area (Å²) in [5.41, 5.74) is 1.48. The average molecular weight is 365 g/mol. The van der Waals surface area contributed by atoms with Crippen LogP contribution in [0.3, 0.4) is 0 Å². The topological polar surface area (TPSA) is 62.8 Å². The summed E-state index contributed by atoms with van der Waals surface area (Å²) < 4.78 is 0. The molecule has 1 aliphatic rings. The van der Waals surface area contributed by atoms with Crippen LogP contribution in [-0.4, -0.2) is 21.5 Å². The maximum Gasteiger partial charge on any atom is 0.260 e. The second-order valence-corrected chi connectivity index (χ2v) is 9.83. The van der Waals surface area contributed by atoms with Crippen LogP contribution >= 0.6 is 23.1 Å². The summed E-state index contributed by atoms with van der Waals surface area (Å²) in [6.45, 7) is 8.47. The number of aryl methyl sites for hydroxylation is 1. The Morgan fingerprint density at radius 1 is 1.42 bits per heavy atom. The number of thiophene rings is 1. The van der Waals surface area contributed by atoms with Crippen LogP contribution in [0.2, 0.25) is 0 Å². The lowest BCUT2D eigenvalue weighted by atomic mass is 9.72. The number of thioether (sulfide) groups is 1. The van der Waals surface area contributed by atoms with E-state index in [2.05, 4.69) is 30.7 Å². The maximum atomic E-state index is 12.5. The normalized spacial score (nSPS) is 17.9. The van der Waals surface area contributed by atoms with Crippen molar-refractivity contribution in [3.63, 3.8) is 0 Å². The van der Waals surface area contributed by atoms with Gasteiger partial charge < -0.3 is 4.98 Å². The Hall–Kier alpha value is -1.14. The molecule has 0 bridgehead atoms. The van der Waals surface area contributed by atoms with Crippen molar-refractivity contribution in [1.29, 1.82) is 0 Å². The van der Waals surface area contributed by atoms with E-state index in [0.717, 1.165) is 29.5 Å². The Morgan fingerprint density at radius 2 is 2.17 bits per heavy atom.